The second-order valence-electron chi connectivity index (χ2n) is 11.8. The van der Waals surface area contributed by atoms with Crippen LogP contribution in [0.4, 0.5) is 0 Å². The average Bonchev–Trinajstić information content (AvgIpc) is 3.53. The molecule has 8 nitrogen and oxygen atoms in total. The molecule has 0 amide bonds. The van der Waals surface area contributed by atoms with Crippen molar-refractivity contribution in [2.75, 3.05) is 6.61 Å². The van der Waals surface area contributed by atoms with E-state index in [9.17, 15) is 19.8 Å². The van der Waals surface area contributed by atoms with Crippen molar-refractivity contribution in [2.24, 2.45) is 11.8 Å². The standard InChI is InChI=1S/C33H44O8/c1-20-8-6-9-22(3)31(37)25(34)11-12-27-29(39-27)19-28(40-30(36)13-10-21(2)26(35)18-20)24(5)32-23(4)14-16-33(41-32)15-7-17-38-33/h6-12,15,18,23-29,32,34-35H,13-14,16-17,19H2,1-5H3/b8-6+,12-11+,20-18+,21-10+,22-9+/t23-,24+,25+,26-,27-,28+,29-,32-,33-/m1/s1. The van der Waals surface area contributed by atoms with Crippen LogP contribution in [0.5, 0.6) is 0 Å². The van der Waals surface area contributed by atoms with Crippen molar-refractivity contribution in [1.29, 1.82) is 0 Å². The number of ketones is 1. The van der Waals surface area contributed by atoms with Crippen molar-refractivity contribution in [1.82, 2.24) is 0 Å². The Morgan fingerprint density at radius 1 is 1.10 bits per heavy atom. The molecule has 2 saturated heterocycles. The molecule has 0 aromatic rings. The highest BCUT2D eigenvalue weighted by molar-refractivity contribution is 5.99. The number of hydrogen-bond donors (Lipinski definition) is 2. The summed E-state index contributed by atoms with van der Waals surface area (Å²) in [6.45, 7) is 9.95. The van der Waals surface area contributed by atoms with Crippen molar-refractivity contribution in [2.45, 2.75) is 103 Å². The molecule has 4 aliphatic rings. The van der Waals surface area contributed by atoms with Gasteiger partial charge in [-0.25, -0.2) is 0 Å². The molecule has 4 aliphatic heterocycles. The van der Waals surface area contributed by atoms with Gasteiger partial charge in [0.2, 0.25) is 0 Å². The lowest BCUT2D eigenvalue weighted by Crippen LogP contribution is -2.49. The van der Waals surface area contributed by atoms with Gasteiger partial charge in [-0.15, -0.1) is 0 Å². The number of Topliss-reactive ketones (excluding diaryl/α,β-unsaturated/α-hetero) is 1. The molecule has 2 fully saturated rings. The molecule has 2 N–H and O–H groups in total. The molecule has 9 atom stereocenters. The van der Waals surface area contributed by atoms with Crippen molar-refractivity contribution in [3.8, 4) is 0 Å². The van der Waals surface area contributed by atoms with Crippen LogP contribution < -0.4 is 0 Å². The van der Waals surface area contributed by atoms with Gasteiger partial charge in [0, 0.05) is 18.8 Å². The SMILES string of the molecule is CC1=C/[C@@H](O)/C(C)=C/CC(=O)O[C@H]([C@H](C)[C@@H]2O[C@]3(C=CCO3)CC[C@H]2C)C[C@H]2O[C@@H]2/C=C/[C@H](O)C(=O)/C(C)=C/C=C/1. The van der Waals surface area contributed by atoms with E-state index in [0.717, 1.165) is 18.4 Å². The van der Waals surface area contributed by atoms with Gasteiger partial charge >= 0.3 is 5.97 Å². The van der Waals surface area contributed by atoms with Crippen LogP contribution in [0.25, 0.3) is 0 Å². The average molecular weight is 569 g/mol. The number of allylic oxidation sites excluding steroid dienone is 4. The lowest BCUT2D eigenvalue weighted by atomic mass is 9.81. The first-order chi connectivity index (χ1) is 19.5. The van der Waals surface area contributed by atoms with Crippen LogP contribution in [0.2, 0.25) is 0 Å². The predicted octanol–water partition coefficient (Wildman–Crippen LogP) is 4.44. The third kappa shape index (κ3) is 8.23. The quantitative estimate of drug-likeness (QED) is 0.286. The molecule has 0 bridgehead atoms. The lowest BCUT2D eigenvalue weighted by molar-refractivity contribution is -0.265. The Morgan fingerprint density at radius 3 is 2.61 bits per heavy atom. The van der Waals surface area contributed by atoms with E-state index in [-0.39, 0.29) is 36.6 Å². The molecule has 0 saturated carbocycles. The Hall–Kier alpha value is -2.62. The van der Waals surface area contributed by atoms with E-state index < -0.39 is 35.9 Å². The zero-order chi connectivity index (χ0) is 29.7. The molecule has 0 radical (unpaired) electrons. The van der Waals surface area contributed by atoms with Crippen LogP contribution in [0.3, 0.4) is 0 Å². The third-order valence-electron chi connectivity index (χ3n) is 8.44. The number of hydrogen-bond acceptors (Lipinski definition) is 8. The molecule has 0 aromatic heterocycles. The summed E-state index contributed by atoms with van der Waals surface area (Å²) in [5.41, 5.74) is 1.82. The maximum atomic E-state index is 13.1. The van der Waals surface area contributed by atoms with Crippen LogP contribution in [0.15, 0.2) is 71.4 Å². The van der Waals surface area contributed by atoms with E-state index in [2.05, 4.69) is 6.92 Å². The van der Waals surface area contributed by atoms with Crippen molar-refractivity contribution in [3.05, 3.63) is 71.4 Å². The van der Waals surface area contributed by atoms with Gasteiger partial charge in [0.1, 0.15) is 18.3 Å². The summed E-state index contributed by atoms with van der Waals surface area (Å²) in [5.74, 6) is -1.44. The summed E-state index contributed by atoms with van der Waals surface area (Å²) in [6, 6.07) is 0. The molecule has 41 heavy (non-hydrogen) atoms. The fraction of sp³-hybridized carbons (Fsp3) is 0.576. The molecule has 0 aromatic carbocycles. The Kier molecular flexibility index (Phi) is 10.4. The normalized spacial score (nSPS) is 43.4. The number of aliphatic hydroxyl groups excluding tert-OH is 2. The summed E-state index contributed by atoms with van der Waals surface area (Å²) in [6.07, 6.45) is 14.4. The summed E-state index contributed by atoms with van der Waals surface area (Å²) < 4.78 is 24.3. The molecular weight excluding hydrogens is 524 g/mol. The summed E-state index contributed by atoms with van der Waals surface area (Å²) in [5, 5.41) is 21.0. The summed E-state index contributed by atoms with van der Waals surface area (Å²) in [4.78, 5) is 25.7. The second kappa shape index (κ2) is 13.6. The minimum atomic E-state index is -1.29. The van der Waals surface area contributed by atoms with Crippen molar-refractivity contribution < 1.29 is 38.7 Å². The highest BCUT2D eigenvalue weighted by Gasteiger charge is 2.47. The van der Waals surface area contributed by atoms with Gasteiger partial charge in [-0.05, 0) is 62.5 Å². The van der Waals surface area contributed by atoms with Gasteiger partial charge in [-0.3, -0.25) is 9.59 Å². The smallest absolute Gasteiger partial charge is 0.309 e. The minimum Gasteiger partial charge on any atom is -0.462 e. The van der Waals surface area contributed by atoms with Crippen LogP contribution in [-0.4, -0.2) is 71.0 Å². The molecule has 4 heterocycles. The highest BCUT2D eigenvalue weighted by atomic mass is 16.7. The highest BCUT2D eigenvalue weighted by Crippen LogP contribution is 2.42. The first-order valence-electron chi connectivity index (χ1n) is 14.6. The third-order valence-corrected chi connectivity index (χ3v) is 8.44. The Labute approximate surface area is 243 Å². The van der Waals surface area contributed by atoms with Gasteiger partial charge in [0.15, 0.2) is 11.6 Å². The Balaban J connectivity index is 1.56. The van der Waals surface area contributed by atoms with Crippen LogP contribution in [0.1, 0.15) is 60.3 Å². The first-order valence-corrected chi connectivity index (χ1v) is 14.6. The van der Waals surface area contributed by atoms with E-state index in [1.807, 2.05) is 26.0 Å². The molecule has 1 spiro atoms. The molecule has 0 aliphatic carbocycles. The van der Waals surface area contributed by atoms with Crippen LogP contribution in [0, 0.1) is 11.8 Å². The fourth-order valence-electron chi connectivity index (χ4n) is 5.62. The van der Waals surface area contributed by atoms with E-state index in [4.69, 9.17) is 18.9 Å². The van der Waals surface area contributed by atoms with E-state index in [1.165, 1.54) is 6.08 Å². The Morgan fingerprint density at radius 2 is 1.88 bits per heavy atom. The van der Waals surface area contributed by atoms with Crippen molar-refractivity contribution >= 4 is 11.8 Å². The molecule has 0 unspecified atom stereocenters. The number of aliphatic hydroxyl groups is 2. The Bertz CT molecular complexity index is 1160. The molecular formula is C33H44O8. The van der Waals surface area contributed by atoms with Crippen LogP contribution in [-0.2, 0) is 28.5 Å². The fourth-order valence-corrected chi connectivity index (χ4v) is 5.62. The van der Waals surface area contributed by atoms with E-state index in [1.54, 1.807) is 50.3 Å². The number of carbonyl (C=O) groups is 2. The van der Waals surface area contributed by atoms with E-state index >= 15 is 0 Å². The number of carbonyl (C=O) groups excluding carboxylic acids is 2. The second-order valence-corrected chi connectivity index (χ2v) is 11.8. The van der Waals surface area contributed by atoms with Gasteiger partial charge in [-0.1, -0.05) is 55.9 Å². The predicted molar refractivity (Wildman–Crippen MR) is 155 cm³/mol. The topological polar surface area (TPSA) is 115 Å². The molecule has 224 valence electrons. The van der Waals surface area contributed by atoms with Gasteiger partial charge in [0.25, 0.3) is 0 Å². The number of fused-ring (bicyclic) bond motifs is 1. The van der Waals surface area contributed by atoms with Crippen LogP contribution >= 0.6 is 0 Å². The number of rotatable bonds is 2. The van der Waals surface area contributed by atoms with Gasteiger partial charge < -0.3 is 29.2 Å². The largest absolute Gasteiger partial charge is 0.462 e. The maximum absolute atomic E-state index is 13.1. The lowest BCUT2D eigenvalue weighted by Gasteiger charge is -2.44. The number of cyclic esters (lactones) is 1. The number of ether oxygens (including phenoxy) is 4. The maximum Gasteiger partial charge on any atom is 0.309 e. The van der Waals surface area contributed by atoms with Crippen molar-refractivity contribution in [3.63, 3.8) is 0 Å². The molecule has 8 heteroatoms. The zero-order valence-corrected chi connectivity index (χ0v) is 24.7. The zero-order valence-electron chi connectivity index (χ0n) is 24.7. The van der Waals surface area contributed by atoms with Gasteiger partial charge in [-0.2, -0.15) is 0 Å². The first kappa shape index (κ1) is 31.3. The summed E-state index contributed by atoms with van der Waals surface area (Å²) >= 11 is 0. The summed E-state index contributed by atoms with van der Waals surface area (Å²) in [7, 11) is 0. The van der Waals surface area contributed by atoms with Gasteiger partial charge in [0.05, 0.1) is 31.3 Å². The minimum absolute atomic E-state index is 0.0246. The van der Waals surface area contributed by atoms with E-state index in [0.29, 0.717) is 24.2 Å². The number of epoxide rings is 1. The molecule has 4 rings (SSSR count). The number of esters is 1. The monoisotopic (exact) mass is 568 g/mol.